The molecule has 2 aromatic carbocycles. The van der Waals surface area contributed by atoms with Crippen LogP contribution in [0.3, 0.4) is 0 Å². The normalized spacial score (nSPS) is 13.8. The number of hydrogen-bond donors (Lipinski definition) is 1. The van der Waals surface area contributed by atoms with E-state index in [1.165, 1.54) is 0 Å². The smallest absolute Gasteiger partial charge is 0.253 e. The van der Waals surface area contributed by atoms with Gasteiger partial charge in [0.1, 0.15) is 0 Å². The molecule has 2 aromatic rings. The molecule has 1 N–H and O–H groups in total. The van der Waals surface area contributed by atoms with Gasteiger partial charge in [-0.1, -0.05) is 29.8 Å². The van der Waals surface area contributed by atoms with E-state index < -0.39 is 0 Å². The molecule has 0 aromatic heterocycles. The summed E-state index contributed by atoms with van der Waals surface area (Å²) < 4.78 is 0. The molecule has 1 aliphatic heterocycles. The van der Waals surface area contributed by atoms with Gasteiger partial charge in [0.2, 0.25) is 0 Å². The predicted octanol–water partition coefficient (Wildman–Crippen LogP) is 3.16. The molecule has 1 fully saturated rings. The van der Waals surface area contributed by atoms with Crippen molar-refractivity contribution >= 4 is 11.8 Å². The lowest BCUT2D eigenvalue weighted by molar-refractivity contribution is 0.0792. The highest BCUT2D eigenvalue weighted by Crippen LogP contribution is 2.13. The Bertz CT molecular complexity index is 714. The van der Waals surface area contributed by atoms with Crippen molar-refractivity contribution < 1.29 is 9.59 Å². The fourth-order valence-corrected chi connectivity index (χ4v) is 2.86. The molecule has 3 rings (SSSR count). The minimum absolute atomic E-state index is 0.0905. The third-order valence-electron chi connectivity index (χ3n) is 4.36. The molecule has 0 aliphatic carbocycles. The zero-order valence-corrected chi connectivity index (χ0v) is 13.9. The number of rotatable bonds is 4. The maximum absolute atomic E-state index is 12.3. The summed E-state index contributed by atoms with van der Waals surface area (Å²) in [5, 5.41) is 2.90. The monoisotopic (exact) mass is 322 g/mol. The Labute approximate surface area is 142 Å². The zero-order chi connectivity index (χ0) is 16.9. The Kier molecular flexibility index (Phi) is 4.94. The van der Waals surface area contributed by atoms with Crippen molar-refractivity contribution in [2.45, 2.75) is 26.3 Å². The molecule has 1 heterocycles. The molecule has 0 saturated carbocycles. The Morgan fingerprint density at radius 1 is 0.917 bits per heavy atom. The molecule has 0 radical (unpaired) electrons. The topological polar surface area (TPSA) is 49.4 Å². The van der Waals surface area contributed by atoms with Crippen LogP contribution < -0.4 is 5.32 Å². The van der Waals surface area contributed by atoms with Crippen molar-refractivity contribution in [1.82, 2.24) is 10.2 Å². The van der Waals surface area contributed by atoms with E-state index in [4.69, 9.17) is 0 Å². The van der Waals surface area contributed by atoms with Gasteiger partial charge in [-0.2, -0.15) is 0 Å². The molecule has 0 bridgehead atoms. The molecule has 2 amide bonds. The van der Waals surface area contributed by atoms with Crippen molar-refractivity contribution in [2.75, 3.05) is 13.1 Å². The lowest BCUT2D eigenvalue weighted by atomic mass is 10.1. The maximum atomic E-state index is 12.3. The fraction of sp³-hybridized carbons (Fsp3) is 0.300. The zero-order valence-electron chi connectivity index (χ0n) is 13.9. The lowest BCUT2D eigenvalue weighted by Crippen LogP contribution is -2.27. The SMILES string of the molecule is Cc1ccc(C(=O)NCc2ccc(C(=O)N3CCCC3)cc2)cc1. The van der Waals surface area contributed by atoms with Gasteiger partial charge in [0.15, 0.2) is 0 Å². The summed E-state index contributed by atoms with van der Waals surface area (Å²) in [6, 6.07) is 15.0. The summed E-state index contributed by atoms with van der Waals surface area (Å²) >= 11 is 0. The van der Waals surface area contributed by atoms with E-state index in [1.807, 2.05) is 60.4 Å². The van der Waals surface area contributed by atoms with Crippen LogP contribution in [0.2, 0.25) is 0 Å². The molecule has 4 heteroatoms. The average molecular weight is 322 g/mol. The van der Waals surface area contributed by atoms with Crippen molar-refractivity contribution in [2.24, 2.45) is 0 Å². The van der Waals surface area contributed by atoms with Gasteiger partial charge in [-0.05, 0) is 49.6 Å². The summed E-state index contributed by atoms with van der Waals surface area (Å²) in [6.07, 6.45) is 2.18. The molecule has 0 atom stereocenters. The number of benzene rings is 2. The van der Waals surface area contributed by atoms with Crippen LogP contribution in [-0.2, 0) is 6.54 Å². The number of nitrogens with one attached hydrogen (secondary N) is 1. The van der Waals surface area contributed by atoms with Gasteiger partial charge < -0.3 is 10.2 Å². The van der Waals surface area contributed by atoms with Crippen molar-refractivity contribution in [3.05, 3.63) is 70.8 Å². The Balaban J connectivity index is 1.57. The van der Waals surface area contributed by atoms with E-state index in [0.29, 0.717) is 17.7 Å². The average Bonchev–Trinajstić information content (AvgIpc) is 3.15. The summed E-state index contributed by atoms with van der Waals surface area (Å²) in [6.45, 7) is 4.15. The van der Waals surface area contributed by atoms with Crippen LogP contribution in [0.15, 0.2) is 48.5 Å². The first-order valence-electron chi connectivity index (χ1n) is 8.36. The largest absolute Gasteiger partial charge is 0.348 e. The molecular formula is C20H22N2O2. The van der Waals surface area contributed by atoms with E-state index in [0.717, 1.165) is 37.1 Å². The molecule has 1 saturated heterocycles. The summed E-state index contributed by atoms with van der Waals surface area (Å²) in [4.78, 5) is 26.3. The van der Waals surface area contributed by atoms with E-state index in [9.17, 15) is 9.59 Å². The van der Waals surface area contributed by atoms with Gasteiger partial charge in [-0.25, -0.2) is 0 Å². The number of carbonyl (C=O) groups excluding carboxylic acids is 2. The highest BCUT2D eigenvalue weighted by atomic mass is 16.2. The number of likely N-dealkylation sites (tertiary alicyclic amines) is 1. The molecule has 0 unspecified atom stereocenters. The van der Waals surface area contributed by atoms with Crippen LogP contribution >= 0.6 is 0 Å². The third-order valence-corrected chi connectivity index (χ3v) is 4.36. The van der Waals surface area contributed by atoms with E-state index >= 15 is 0 Å². The third kappa shape index (κ3) is 3.82. The Morgan fingerprint density at radius 3 is 2.12 bits per heavy atom. The first-order chi connectivity index (χ1) is 11.6. The van der Waals surface area contributed by atoms with Crippen molar-refractivity contribution in [1.29, 1.82) is 0 Å². The van der Waals surface area contributed by atoms with Gasteiger partial charge in [-0.3, -0.25) is 9.59 Å². The van der Waals surface area contributed by atoms with Crippen LogP contribution in [0.4, 0.5) is 0 Å². The van der Waals surface area contributed by atoms with E-state index in [-0.39, 0.29) is 11.8 Å². The second-order valence-electron chi connectivity index (χ2n) is 6.24. The molecule has 4 nitrogen and oxygen atoms in total. The minimum atomic E-state index is -0.0905. The van der Waals surface area contributed by atoms with Crippen molar-refractivity contribution in [3.63, 3.8) is 0 Å². The van der Waals surface area contributed by atoms with Crippen LogP contribution in [0.5, 0.6) is 0 Å². The van der Waals surface area contributed by atoms with Gasteiger partial charge in [0, 0.05) is 30.8 Å². The minimum Gasteiger partial charge on any atom is -0.348 e. The number of aryl methyl sites for hydroxylation is 1. The second-order valence-corrected chi connectivity index (χ2v) is 6.24. The first-order valence-corrected chi connectivity index (χ1v) is 8.36. The van der Waals surface area contributed by atoms with Crippen LogP contribution in [0.1, 0.15) is 44.7 Å². The summed E-state index contributed by atoms with van der Waals surface area (Å²) in [5.74, 6) is 0.00922. The highest BCUT2D eigenvalue weighted by Gasteiger charge is 2.19. The number of nitrogens with zero attached hydrogens (tertiary/aromatic N) is 1. The van der Waals surface area contributed by atoms with Gasteiger partial charge in [-0.15, -0.1) is 0 Å². The summed E-state index contributed by atoms with van der Waals surface area (Å²) in [5.41, 5.74) is 3.48. The Morgan fingerprint density at radius 2 is 1.50 bits per heavy atom. The number of amides is 2. The number of carbonyl (C=O) groups is 2. The fourth-order valence-electron chi connectivity index (χ4n) is 2.86. The maximum Gasteiger partial charge on any atom is 0.253 e. The lowest BCUT2D eigenvalue weighted by Gasteiger charge is -2.15. The standard InChI is InChI=1S/C20H22N2O2/c1-15-4-8-17(9-5-15)19(23)21-14-16-6-10-18(11-7-16)20(24)22-12-2-3-13-22/h4-11H,2-3,12-14H2,1H3,(H,21,23). The van der Waals surface area contributed by atoms with Gasteiger partial charge in [0.05, 0.1) is 0 Å². The van der Waals surface area contributed by atoms with Crippen LogP contribution in [0.25, 0.3) is 0 Å². The van der Waals surface area contributed by atoms with E-state index in [1.54, 1.807) is 0 Å². The molecule has 0 spiro atoms. The Hall–Kier alpha value is -2.62. The first kappa shape index (κ1) is 16.2. The molecule has 124 valence electrons. The molecular weight excluding hydrogens is 300 g/mol. The number of hydrogen-bond acceptors (Lipinski definition) is 2. The predicted molar refractivity (Wildman–Crippen MR) is 93.9 cm³/mol. The van der Waals surface area contributed by atoms with Gasteiger partial charge in [0.25, 0.3) is 11.8 Å². The quantitative estimate of drug-likeness (QED) is 0.940. The molecule has 1 aliphatic rings. The van der Waals surface area contributed by atoms with Gasteiger partial charge >= 0.3 is 0 Å². The second kappa shape index (κ2) is 7.30. The van der Waals surface area contributed by atoms with Crippen LogP contribution in [0, 0.1) is 6.92 Å². The summed E-state index contributed by atoms with van der Waals surface area (Å²) in [7, 11) is 0. The van der Waals surface area contributed by atoms with Crippen LogP contribution in [-0.4, -0.2) is 29.8 Å². The molecule has 24 heavy (non-hydrogen) atoms. The van der Waals surface area contributed by atoms with Crippen molar-refractivity contribution in [3.8, 4) is 0 Å². The van der Waals surface area contributed by atoms with E-state index in [2.05, 4.69) is 5.32 Å². The highest BCUT2D eigenvalue weighted by molar-refractivity contribution is 5.95.